The molecule has 4 amide bonds. The predicted octanol–water partition coefficient (Wildman–Crippen LogP) is 2.76. The van der Waals surface area contributed by atoms with Crippen LogP contribution < -0.4 is 19.7 Å². The van der Waals surface area contributed by atoms with E-state index in [4.69, 9.17) is 9.47 Å². The number of hydrogen-bond acceptors (Lipinski definition) is 5. The van der Waals surface area contributed by atoms with Crippen molar-refractivity contribution in [2.75, 3.05) is 18.6 Å². The normalized spacial score (nSPS) is 15.7. The highest BCUT2D eigenvalue weighted by atomic mass is 16.5. The molecule has 2 aromatic rings. The average Bonchev–Trinajstić information content (AvgIpc) is 2.67. The van der Waals surface area contributed by atoms with E-state index in [9.17, 15) is 14.4 Å². The highest BCUT2D eigenvalue weighted by molar-refractivity contribution is 6.39. The molecule has 27 heavy (non-hydrogen) atoms. The lowest BCUT2D eigenvalue weighted by Crippen LogP contribution is -2.54. The van der Waals surface area contributed by atoms with Crippen LogP contribution in [0.25, 0.3) is 6.08 Å². The fraction of sp³-hybridized carbons (Fsp3) is 0.150. The summed E-state index contributed by atoms with van der Waals surface area (Å²) in [5.74, 6) is -0.432. The first-order valence-corrected chi connectivity index (χ1v) is 8.32. The van der Waals surface area contributed by atoms with Gasteiger partial charge in [-0.1, -0.05) is 24.3 Å². The van der Waals surface area contributed by atoms with Gasteiger partial charge in [0.15, 0.2) is 0 Å². The van der Waals surface area contributed by atoms with Crippen molar-refractivity contribution in [3.05, 3.63) is 59.7 Å². The summed E-state index contributed by atoms with van der Waals surface area (Å²) in [5.41, 5.74) is 0.753. The Morgan fingerprint density at radius 2 is 1.74 bits per heavy atom. The van der Waals surface area contributed by atoms with Gasteiger partial charge in [0.05, 0.1) is 19.4 Å². The molecule has 0 spiro atoms. The van der Waals surface area contributed by atoms with Crippen molar-refractivity contribution in [1.82, 2.24) is 5.32 Å². The van der Waals surface area contributed by atoms with Crippen LogP contribution in [0.1, 0.15) is 12.5 Å². The fourth-order valence-electron chi connectivity index (χ4n) is 2.66. The second-order valence-corrected chi connectivity index (χ2v) is 5.63. The van der Waals surface area contributed by atoms with E-state index in [1.54, 1.807) is 62.6 Å². The van der Waals surface area contributed by atoms with Gasteiger partial charge in [0.1, 0.15) is 17.1 Å². The molecular formula is C20H18N2O5. The van der Waals surface area contributed by atoms with E-state index in [1.807, 2.05) is 0 Å². The summed E-state index contributed by atoms with van der Waals surface area (Å²) in [7, 11) is 1.55. The van der Waals surface area contributed by atoms with Gasteiger partial charge in [-0.3, -0.25) is 14.9 Å². The van der Waals surface area contributed by atoms with Gasteiger partial charge in [0, 0.05) is 0 Å². The first-order valence-electron chi connectivity index (χ1n) is 8.32. The Bertz CT molecular complexity index is 918. The number of carbonyl (C=O) groups is 3. The molecule has 1 aliphatic heterocycles. The maximum absolute atomic E-state index is 12.9. The molecule has 0 saturated carbocycles. The number of para-hydroxylation sites is 2. The zero-order valence-corrected chi connectivity index (χ0v) is 14.9. The van der Waals surface area contributed by atoms with Crippen molar-refractivity contribution < 1.29 is 23.9 Å². The van der Waals surface area contributed by atoms with E-state index < -0.39 is 17.8 Å². The largest absolute Gasteiger partial charge is 0.497 e. The summed E-state index contributed by atoms with van der Waals surface area (Å²) in [6.07, 6.45) is 1.43. The number of benzene rings is 2. The molecule has 2 aromatic carbocycles. The van der Waals surface area contributed by atoms with Crippen LogP contribution in [0.4, 0.5) is 10.5 Å². The van der Waals surface area contributed by atoms with E-state index in [1.165, 1.54) is 6.08 Å². The smallest absolute Gasteiger partial charge is 0.336 e. The molecule has 1 N–H and O–H groups in total. The predicted molar refractivity (Wildman–Crippen MR) is 99.6 cm³/mol. The number of urea groups is 1. The van der Waals surface area contributed by atoms with Crippen molar-refractivity contribution >= 4 is 29.6 Å². The lowest BCUT2D eigenvalue weighted by molar-refractivity contribution is -0.122. The van der Waals surface area contributed by atoms with Crippen molar-refractivity contribution in [2.45, 2.75) is 6.92 Å². The Morgan fingerprint density at radius 3 is 2.41 bits per heavy atom. The second-order valence-electron chi connectivity index (χ2n) is 5.63. The molecule has 1 aliphatic rings. The zero-order chi connectivity index (χ0) is 19.4. The van der Waals surface area contributed by atoms with Crippen LogP contribution in [0.5, 0.6) is 11.5 Å². The van der Waals surface area contributed by atoms with Gasteiger partial charge in [-0.15, -0.1) is 0 Å². The molecule has 0 bridgehead atoms. The Balaban J connectivity index is 2.00. The number of nitrogens with one attached hydrogen (secondary N) is 1. The van der Waals surface area contributed by atoms with Crippen LogP contribution in [0.3, 0.4) is 0 Å². The molecule has 1 saturated heterocycles. The van der Waals surface area contributed by atoms with E-state index in [0.717, 1.165) is 4.90 Å². The first kappa shape index (κ1) is 18.2. The molecule has 1 heterocycles. The zero-order valence-electron chi connectivity index (χ0n) is 14.9. The number of nitrogens with zero attached hydrogens (tertiary/aromatic N) is 1. The summed E-state index contributed by atoms with van der Waals surface area (Å²) in [6.45, 7) is 2.17. The molecule has 138 valence electrons. The number of hydrogen-bond donors (Lipinski definition) is 1. The minimum atomic E-state index is -0.816. The van der Waals surface area contributed by atoms with Gasteiger partial charge < -0.3 is 9.47 Å². The maximum atomic E-state index is 12.9. The van der Waals surface area contributed by atoms with Crippen molar-refractivity contribution in [3.8, 4) is 11.5 Å². The Hall–Kier alpha value is -3.61. The molecule has 7 heteroatoms. The fourth-order valence-corrected chi connectivity index (χ4v) is 2.66. The number of ether oxygens (including phenoxy) is 2. The van der Waals surface area contributed by atoms with E-state index in [-0.39, 0.29) is 11.3 Å². The quantitative estimate of drug-likeness (QED) is 0.650. The molecule has 0 radical (unpaired) electrons. The number of rotatable bonds is 5. The van der Waals surface area contributed by atoms with Crippen LogP contribution in [0.15, 0.2) is 54.1 Å². The molecule has 3 rings (SSSR count). The topological polar surface area (TPSA) is 84.9 Å². The number of anilines is 1. The molecule has 0 atom stereocenters. The van der Waals surface area contributed by atoms with Gasteiger partial charge in [-0.25, -0.2) is 9.69 Å². The average molecular weight is 366 g/mol. The monoisotopic (exact) mass is 366 g/mol. The van der Waals surface area contributed by atoms with Gasteiger partial charge >= 0.3 is 6.03 Å². The second kappa shape index (κ2) is 7.74. The summed E-state index contributed by atoms with van der Waals surface area (Å²) >= 11 is 0. The van der Waals surface area contributed by atoms with Crippen LogP contribution in [0.2, 0.25) is 0 Å². The van der Waals surface area contributed by atoms with E-state index in [2.05, 4.69) is 5.32 Å². The molecule has 1 fully saturated rings. The highest BCUT2D eigenvalue weighted by Gasteiger charge is 2.38. The van der Waals surface area contributed by atoms with Crippen LogP contribution in [0, 0.1) is 0 Å². The van der Waals surface area contributed by atoms with E-state index in [0.29, 0.717) is 23.7 Å². The molecule has 0 unspecified atom stereocenters. The number of carbonyl (C=O) groups excluding carboxylic acids is 3. The SMILES string of the molecule is CCOc1ccccc1N1C(=O)NC(=O)/C(=C/c2ccc(OC)cc2)C1=O. The number of imide groups is 2. The van der Waals surface area contributed by atoms with Crippen molar-refractivity contribution in [1.29, 1.82) is 0 Å². The van der Waals surface area contributed by atoms with Crippen LogP contribution in [-0.4, -0.2) is 31.6 Å². The number of methoxy groups -OCH3 is 1. The minimum absolute atomic E-state index is 0.147. The van der Waals surface area contributed by atoms with Gasteiger partial charge in [0.25, 0.3) is 11.8 Å². The van der Waals surface area contributed by atoms with Crippen LogP contribution >= 0.6 is 0 Å². The van der Waals surface area contributed by atoms with Crippen molar-refractivity contribution in [2.24, 2.45) is 0 Å². The summed E-state index contributed by atoms with van der Waals surface area (Å²) in [4.78, 5) is 38.4. The molecular weight excluding hydrogens is 348 g/mol. The summed E-state index contributed by atoms with van der Waals surface area (Å²) in [5, 5.41) is 2.20. The Labute approximate surface area is 156 Å². The number of barbiturate groups is 1. The summed E-state index contributed by atoms with van der Waals surface area (Å²) < 4.78 is 10.6. The van der Waals surface area contributed by atoms with Crippen LogP contribution in [-0.2, 0) is 9.59 Å². The number of amides is 4. The standard InChI is InChI=1S/C20H18N2O5/c1-3-27-17-7-5-4-6-16(17)22-19(24)15(18(23)21-20(22)25)12-13-8-10-14(26-2)11-9-13/h4-12H,3H2,1-2H3,(H,21,23,25)/b15-12-. The molecule has 0 aliphatic carbocycles. The third kappa shape index (κ3) is 3.67. The first-order chi connectivity index (χ1) is 13.0. The Kier molecular flexibility index (Phi) is 5.21. The van der Waals surface area contributed by atoms with Gasteiger partial charge in [0.2, 0.25) is 0 Å². The maximum Gasteiger partial charge on any atom is 0.336 e. The lowest BCUT2D eigenvalue weighted by Gasteiger charge is -2.27. The molecule has 0 aromatic heterocycles. The highest BCUT2D eigenvalue weighted by Crippen LogP contribution is 2.31. The van der Waals surface area contributed by atoms with Crippen molar-refractivity contribution in [3.63, 3.8) is 0 Å². The third-order valence-corrected chi connectivity index (χ3v) is 3.93. The lowest BCUT2D eigenvalue weighted by atomic mass is 10.1. The van der Waals surface area contributed by atoms with Gasteiger partial charge in [-0.05, 0) is 42.8 Å². The Morgan fingerprint density at radius 1 is 1.04 bits per heavy atom. The van der Waals surface area contributed by atoms with Gasteiger partial charge in [-0.2, -0.15) is 0 Å². The third-order valence-electron chi connectivity index (χ3n) is 3.93. The summed E-state index contributed by atoms with van der Waals surface area (Å²) in [6, 6.07) is 12.7. The minimum Gasteiger partial charge on any atom is -0.497 e. The van der Waals surface area contributed by atoms with E-state index >= 15 is 0 Å². The molecule has 7 nitrogen and oxygen atoms in total.